The maximum Gasteiger partial charge on any atom is 0.256 e. The molecule has 4 N–H and O–H groups in total. The number of nitrogens with one attached hydrogen (secondary N) is 2. The number of hydrogen-bond donors (Lipinski definition) is 3. The van der Waals surface area contributed by atoms with Gasteiger partial charge in [-0.25, -0.2) is 4.98 Å². The SMILES string of the molecule is COc1cc(C)[nH]c(=O)c1CNc1nccc2c(N)cc(Br)cc12. The molecule has 3 rings (SSSR count). The minimum absolute atomic E-state index is 0.180. The van der Waals surface area contributed by atoms with E-state index in [2.05, 4.69) is 31.2 Å². The van der Waals surface area contributed by atoms with E-state index in [0.717, 1.165) is 20.9 Å². The number of fused-ring (bicyclic) bond motifs is 1. The van der Waals surface area contributed by atoms with E-state index in [1.54, 1.807) is 19.4 Å². The highest BCUT2D eigenvalue weighted by Crippen LogP contribution is 2.30. The van der Waals surface area contributed by atoms with Crippen molar-refractivity contribution in [1.29, 1.82) is 0 Å². The van der Waals surface area contributed by atoms with Gasteiger partial charge in [0, 0.05) is 32.8 Å². The number of methoxy groups -OCH3 is 1. The average molecular weight is 389 g/mol. The molecular weight excluding hydrogens is 372 g/mol. The highest BCUT2D eigenvalue weighted by atomic mass is 79.9. The molecule has 0 radical (unpaired) electrons. The smallest absolute Gasteiger partial charge is 0.256 e. The number of nitrogens with two attached hydrogens (primary N) is 1. The third-order valence-electron chi connectivity index (χ3n) is 3.76. The van der Waals surface area contributed by atoms with E-state index in [9.17, 15) is 4.79 Å². The number of aromatic amines is 1. The molecule has 0 unspecified atom stereocenters. The Hall–Kier alpha value is -2.54. The van der Waals surface area contributed by atoms with Crippen LogP contribution in [-0.2, 0) is 6.54 Å². The van der Waals surface area contributed by atoms with Crippen molar-refractivity contribution < 1.29 is 4.74 Å². The summed E-state index contributed by atoms with van der Waals surface area (Å²) in [4.78, 5) is 19.3. The van der Waals surface area contributed by atoms with Crippen LogP contribution in [0.25, 0.3) is 10.8 Å². The van der Waals surface area contributed by atoms with Crippen LogP contribution in [0.3, 0.4) is 0 Å². The van der Waals surface area contributed by atoms with Gasteiger partial charge in [0.15, 0.2) is 0 Å². The van der Waals surface area contributed by atoms with Crippen molar-refractivity contribution in [2.24, 2.45) is 0 Å². The van der Waals surface area contributed by atoms with Crippen molar-refractivity contribution in [3.05, 3.63) is 56.5 Å². The van der Waals surface area contributed by atoms with E-state index >= 15 is 0 Å². The number of anilines is 2. The quantitative estimate of drug-likeness (QED) is 0.596. The molecule has 0 amide bonds. The molecule has 0 aliphatic rings. The summed E-state index contributed by atoms with van der Waals surface area (Å²) in [5.74, 6) is 1.20. The lowest BCUT2D eigenvalue weighted by Crippen LogP contribution is -2.18. The Balaban J connectivity index is 1.99. The number of H-pyrrole nitrogens is 1. The summed E-state index contributed by atoms with van der Waals surface area (Å²) in [6, 6.07) is 7.45. The van der Waals surface area contributed by atoms with E-state index in [0.29, 0.717) is 22.8 Å². The topological polar surface area (TPSA) is 93.0 Å². The first kappa shape index (κ1) is 16.3. The van der Waals surface area contributed by atoms with Gasteiger partial charge in [0.25, 0.3) is 5.56 Å². The van der Waals surface area contributed by atoms with Gasteiger partial charge in [-0.3, -0.25) is 4.79 Å². The summed E-state index contributed by atoms with van der Waals surface area (Å²) in [7, 11) is 1.55. The Labute approximate surface area is 147 Å². The van der Waals surface area contributed by atoms with Crippen LogP contribution in [0.5, 0.6) is 5.75 Å². The molecule has 0 atom stereocenters. The Morgan fingerprint density at radius 2 is 2.12 bits per heavy atom. The monoisotopic (exact) mass is 388 g/mol. The summed E-state index contributed by atoms with van der Waals surface area (Å²) in [5.41, 5.74) is 7.81. The van der Waals surface area contributed by atoms with Gasteiger partial charge in [-0.15, -0.1) is 0 Å². The van der Waals surface area contributed by atoms with Crippen LogP contribution < -0.4 is 21.3 Å². The van der Waals surface area contributed by atoms with Crippen molar-refractivity contribution in [1.82, 2.24) is 9.97 Å². The van der Waals surface area contributed by atoms with Gasteiger partial charge >= 0.3 is 0 Å². The third kappa shape index (κ3) is 3.07. The fourth-order valence-corrected chi connectivity index (χ4v) is 3.10. The van der Waals surface area contributed by atoms with Gasteiger partial charge < -0.3 is 20.8 Å². The van der Waals surface area contributed by atoms with Crippen LogP contribution in [-0.4, -0.2) is 17.1 Å². The van der Waals surface area contributed by atoms with Crippen LogP contribution in [0.2, 0.25) is 0 Å². The Morgan fingerprint density at radius 3 is 2.88 bits per heavy atom. The number of nitrogens with zero attached hydrogens (tertiary/aromatic N) is 1. The van der Waals surface area contributed by atoms with Gasteiger partial charge in [0.1, 0.15) is 11.6 Å². The molecule has 6 nitrogen and oxygen atoms in total. The molecule has 7 heteroatoms. The Morgan fingerprint density at radius 1 is 1.33 bits per heavy atom. The fourth-order valence-electron chi connectivity index (χ4n) is 2.63. The molecule has 0 bridgehead atoms. The van der Waals surface area contributed by atoms with Crippen LogP contribution in [0.4, 0.5) is 11.5 Å². The molecule has 0 saturated carbocycles. The second-order valence-corrected chi connectivity index (χ2v) is 6.35. The first-order chi connectivity index (χ1) is 11.5. The normalized spacial score (nSPS) is 10.8. The summed E-state index contributed by atoms with van der Waals surface area (Å²) >= 11 is 3.45. The summed E-state index contributed by atoms with van der Waals surface area (Å²) in [6.07, 6.45) is 1.69. The summed E-state index contributed by atoms with van der Waals surface area (Å²) < 4.78 is 6.18. The average Bonchev–Trinajstić information content (AvgIpc) is 2.53. The minimum atomic E-state index is -0.180. The van der Waals surface area contributed by atoms with Gasteiger partial charge in [-0.1, -0.05) is 15.9 Å². The number of nitrogen functional groups attached to an aromatic ring is 1. The maximum atomic E-state index is 12.2. The lowest BCUT2D eigenvalue weighted by atomic mass is 10.1. The lowest BCUT2D eigenvalue weighted by Gasteiger charge is -2.12. The number of ether oxygens (including phenoxy) is 1. The van der Waals surface area contributed by atoms with E-state index in [4.69, 9.17) is 10.5 Å². The molecule has 0 fully saturated rings. The predicted molar refractivity (Wildman–Crippen MR) is 99.5 cm³/mol. The molecule has 2 heterocycles. The van der Waals surface area contributed by atoms with E-state index in [1.165, 1.54) is 0 Å². The lowest BCUT2D eigenvalue weighted by molar-refractivity contribution is 0.408. The second kappa shape index (κ2) is 6.52. The highest BCUT2D eigenvalue weighted by molar-refractivity contribution is 9.10. The van der Waals surface area contributed by atoms with Gasteiger partial charge in [-0.05, 0) is 31.2 Å². The molecule has 0 aliphatic carbocycles. The maximum absolute atomic E-state index is 12.2. The van der Waals surface area contributed by atoms with Crippen LogP contribution in [0, 0.1) is 6.92 Å². The van der Waals surface area contributed by atoms with E-state index in [-0.39, 0.29) is 12.1 Å². The number of hydrogen-bond acceptors (Lipinski definition) is 5. The third-order valence-corrected chi connectivity index (χ3v) is 4.22. The van der Waals surface area contributed by atoms with Gasteiger partial charge in [0.05, 0.1) is 19.2 Å². The Kier molecular flexibility index (Phi) is 4.44. The highest BCUT2D eigenvalue weighted by Gasteiger charge is 2.11. The largest absolute Gasteiger partial charge is 0.496 e. The molecule has 24 heavy (non-hydrogen) atoms. The number of benzene rings is 1. The molecule has 1 aromatic carbocycles. The van der Waals surface area contributed by atoms with E-state index in [1.807, 2.05) is 25.1 Å². The van der Waals surface area contributed by atoms with Crippen LogP contribution in [0.15, 0.2) is 39.7 Å². The molecule has 0 aliphatic heterocycles. The molecular formula is C17H17BrN4O2. The second-order valence-electron chi connectivity index (χ2n) is 5.43. The summed E-state index contributed by atoms with van der Waals surface area (Å²) in [6.45, 7) is 2.10. The fraction of sp³-hybridized carbons (Fsp3) is 0.176. The number of rotatable bonds is 4. The zero-order valence-electron chi connectivity index (χ0n) is 13.3. The molecule has 0 spiro atoms. The van der Waals surface area contributed by atoms with Gasteiger partial charge in [0.2, 0.25) is 0 Å². The first-order valence-corrected chi connectivity index (χ1v) is 8.13. The number of aromatic nitrogens is 2. The molecule has 3 aromatic rings. The van der Waals surface area contributed by atoms with Crippen molar-refractivity contribution >= 4 is 38.2 Å². The van der Waals surface area contributed by atoms with Crippen molar-refractivity contribution in [3.8, 4) is 5.75 Å². The number of aryl methyl sites for hydroxylation is 1. The minimum Gasteiger partial charge on any atom is -0.496 e. The van der Waals surface area contributed by atoms with Crippen LogP contribution in [0.1, 0.15) is 11.3 Å². The first-order valence-electron chi connectivity index (χ1n) is 7.34. The van der Waals surface area contributed by atoms with Crippen molar-refractivity contribution in [3.63, 3.8) is 0 Å². The standard InChI is InChI=1S/C17H17BrN4O2/c1-9-5-15(24-2)13(17(23)22-9)8-21-16-12-6-10(18)7-14(19)11(12)3-4-20-16/h3-7H,8,19H2,1-2H3,(H,20,21)(H,22,23). The van der Waals surface area contributed by atoms with Crippen LogP contribution >= 0.6 is 15.9 Å². The van der Waals surface area contributed by atoms with Gasteiger partial charge in [-0.2, -0.15) is 0 Å². The van der Waals surface area contributed by atoms with Crippen molar-refractivity contribution in [2.75, 3.05) is 18.2 Å². The number of pyridine rings is 2. The zero-order chi connectivity index (χ0) is 17.3. The van der Waals surface area contributed by atoms with E-state index < -0.39 is 0 Å². The number of halogens is 1. The Bertz CT molecular complexity index is 969. The molecule has 124 valence electrons. The summed E-state index contributed by atoms with van der Waals surface area (Å²) in [5, 5.41) is 4.99. The molecule has 2 aromatic heterocycles. The predicted octanol–water partition coefficient (Wildman–Crippen LogP) is 3.20. The van der Waals surface area contributed by atoms with Crippen molar-refractivity contribution in [2.45, 2.75) is 13.5 Å². The zero-order valence-corrected chi connectivity index (χ0v) is 14.9. The molecule has 0 saturated heterocycles.